The molecule has 0 amide bonds. The molecule has 5 heteroatoms. The average molecular weight is 245 g/mol. The maximum Gasteiger partial charge on any atom is 0.337 e. The van der Waals surface area contributed by atoms with Crippen molar-refractivity contribution in [1.29, 1.82) is 0 Å². The highest BCUT2D eigenvalue weighted by molar-refractivity contribution is 5.87. The summed E-state index contributed by atoms with van der Waals surface area (Å²) in [6.45, 7) is 2.22. The maximum absolute atomic E-state index is 11.0. The van der Waals surface area contributed by atoms with E-state index >= 15 is 0 Å². The van der Waals surface area contributed by atoms with Gasteiger partial charge in [0.05, 0.1) is 5.56 Å². The molecule has 94 valence electrons. The van der Waals surface area contributed by atoms with E-state index in [0.29, 0.717) is 17.5 Å². The molecule has 2 aromatic rings. The second-order valence-electron chi connectivity index (χ2n) is 5.02. The summed E-state index contributed by atoms with van der Waals surface area (Å²) in [5.74, 6) is 0.962. The van der Waals surface area contributed by atoms with Crippen molar-refractivity contribution in [3.05, 3.63) is 29.7 Å². The zero-order valence-corrected chi connectivity index (χ0v) is 10.2. The largest absolute Gasteiger partial charge is 0.478 e. The number of hydrogen-bond donors (Lipinski definition) is 1. The fourth-order valence-electron chi connectivity index (χ4n) is 2.82. The Bertz CT molecular complexity index is 605. The van der Waals surface area contributed by atoms with Crippen LogP contribution in [-0.4, -0.2) is 25.7 Å². The number of aromatic nitrogens is 3. The zero-order chi connectivity index (χ0) is 12.7. The number of carbonyl (C=O) groups is 1. The highest BCUT2D eigenvalue weighted by atomic mass is 16.4. The lowest BCUT2D eigenvalue weighted by Crippen LogP contribution is -2.08. The van der Waals surface area contributed by atoms with Crippen LogP contribution in [0.2, 0.25) is 0 Å². The lowest BCUT2D eigenvalue weighted by Gasteiger charge is -2.13. The van der Waals surface area contributed by atoms with E-state index < -0.39 is 5.97 Å². The highest BCUT2D eigenvalue weighted by Gasteiger charge is 2.28. The van der Waals surface area contributed by atoms with Crippen molar-refractivity contribution in [2.45, 2.75) is 32.1 Å². The van der Waals surface area contributed by atoms with Crippen LogP contribution in [0.4, 0.5) is 0 Å². The third kappa shape index (κ3) is 1.66. The van der Waals surface area contributed by atoms with Crippen LogP contribution in [0.25, 0.3) is 5.65 Å². The van der Waals surface area contributed by atoms with Crippen molar-refractivity contribution in [1.82, 2.24) is 14.6 Å². The van der Waals surface area contributed by atoms with Gasteiger partial charge in [0.25, 0.3) is 0 Å². The molecule has 0 aliphatic heterocycles. The molecule has 1 aliphatic carbocycles. The quantitative estimate of drug-likeness (QED) is 0.881. The Morgan fingerprint density at radius 2 is 2.22 bits per heavy atom. The average Bonchev–Trinajstić information content (AvgIpc) is 2.93. The van der Waals surface area contributed by atoms with E-state index in [1.165, 1.54) is 12.8 Å². The van der Waals surface area contributed by atoms with Crippen LogP contribution in [0.15, 0.2) is 18.3 Å². The first-order chi connectivity index (χ1) is 8.66. The highest BCUT2D eigenvalue weighted by Crippen LogP contribution is 2.38. The summed E-state index contributed by atoms with van der Waals surface area (Å²) in [6, 6.07) is 3.27. The second kappa shape index (κ2) is 4.08. The van der Waals surface area contributed by atoms with Gasteiger partial charge < -0.3 is 5.11 Å². The summed E-state index contributed by atoms with van der Waals surface area (Å²) in [5, 5.41) is 17.4. The lowest BCUT2D eigenvalue weighted by atomic mass is 9.97. The standard InChI is InChI=1S/C13H15N3O2/c1-8-3-2-4-10(8)12-15-14-11-6-5-9(13(17)18)7-16(11)12/h5-8,10H,2-4H2,1H3,(H,17,18). The molecule has 1 N–H and O–H groups in total. The van der Waals surface area contributed by atoms with Crippen molar-refractivity contribution in [3.63, 3.8) is 0 Å². The Balaban J connectivity index is 2.11. The summed E-state index contributed by atoms with van der Waals surface area (Å²) in [5.41, 5.74) is 0.989. The molecule has 0 aromatic carbocycles. The summed E-state index contributed by atoms with van der Waals surface area (Å²) < 4.78 is 1.83. The third-order valence-corrected chi connectivity index (χ3v) is 3.87. The molecule has 2 aromatic heterocycles. The minimum atomic E-state index is -0.920. The topological polar surface area (TPSA) is 67.5 Å². The van der Waals surface area contributed by atoms with Crippen molar-refractivity contribution >= 4 is 11.6 Å². The molecule has 3 rings (SSSR count). The van der Waals surface area contributed by atoms with E-state index in [0.717, 1.165) is 12.2 Å². The Morgan fingerprint density at radius 3 is 2.89 bits per heavy atom. The van der Waals surface area contributed by atoms with E-state index in [1.54, 1.807) is 18.3 Å². The van der Waals surface area contributed by atoms with Crippen LogP contribution in [0.5, 0.6) is 0 Å². The Kier molecular flexibility index (Phi) is 2.54. The molecule has 0 spiro atoms. The molecule has 18 heavy (non-hydrogen) atoms. The Hall–Kier alpha value is -1.91. The molecule has 0 radical (unpaired) electrons. The van der Waals surface area contributed by atoms with Gasteiger partial charge >= 0.3 is 5.97 Å². The van der Waals surface area contributed by atoms with Gasteiger partial charge in [0.2, 0.25) is 0 Å². The fourth-order valence-corrected chi connectivity index (χ4v) is 2.82. The van der Waals surface area contributed by atoms with Crippen molar-refractivity contribution in [2.24, 2.45) is 5.92 Å². The fraction of sp³-hybridized carbons (Fsp3) is 0.462. The summed E-state index contributed by atoms with van der Waals surface area (Å²) in [7, 11) is 0. The van der Waals surface area contributed by atoms with Gasteiger partial charge in [0, 0.05) is 12.1 Å². The monoisotopic (exact) mass is 245 g/mol. The Morgan fingerprint density at radius 1 is 1.39 bits per heavy atom. The van der Waals surface area contributed by atoms with Gasteiger partial charge in [-0.1, -0.05) is 13.3 Å². The van der Waals surface area contributed by atoms with Gasteiger partial charge in [0.15, 0.2) is 5.65 Å². The molecular weight excluding hydrogens is 230 g/mol. The first kappa shape index (κ1) is 11.2. The first-order valence-corrected chi connectivity index (χ1v) is 6.25. The van der Waals surface area contributed by atoms with Gasteiger partial charge in [-0.3, -0.25) is 4.40 Å². The van der Waals surface area contributed by atoms with Crippen molar-refractivity contribution in [2.75, 3.05) is 0 Å². The van der Waals surface area contributed by atoms with Gasteiger partial charge in [-0.05, 0) is 30.9 Å². The van der Waals surface area contributed by atoms with Crippen LogP contribution in [-0.2, 0) is 0 Å². The maximum atomic E-state index is 11.0. The number of aromatic carboxylic acids is 1. The zero-order valence-electron chi connectivity index (χ0n) is 10.2. The van der Waals surface area contributed by atoms with Gasteiger partial charge in [-0.15, -0.1) is 10.2 Å². The summed E-state index contributed by atoms with van der Waals surface area (Å²) in [4.78, 5) is 11.0. The molecule has 1 saturated carbocycles. The van der Waals surface area contributed by atoms with Crippen molar-refractivity contribution in [3.8, 4) is 0 Å². The molecule has 1 fully saturated rings. The van der Waals surface area contributed by atoms with E-state index in [2.05, 4.69) is 17.1 Å². The number of carboxylic acids is 1. The van der Waals surface area contributed by atoms with Gasteiger partial charge in [0.1, 0.15) is 5.82 Å². The van der Waals surface area contributed by atoms with E-state index in [1.807, 2.05) is 4.40 Å². The summed E-state index contributed by atoms with van der Waals surface area (Å²) >= 11 is 0. The van der Waals surface area contributed by atoms with E-state index in [9.17, 15) is 4.79 Å². The molecule has 2 atom stereocenters. The normalized spacial score (nSPS) is 23.6. The summed E-state index contributed by atoms with van der Waals surface area (Å²) in [6.07, 6.45) is 5.15. The molecule has 2 unspecified atom stereocenters. The van der Waals surface area contributed by atoms with Gasteiger partial charge in [-0.25, -0.2) is 4.79 Å². The molecule has 1 aliphatic rings. The SMILES string of the molecule is CC1CCCC1c1nnc2ccc(C(=O)O)cn12. The third-order valence-electron chi connectivity index (χ3n) is 3.87. The number of carboxylic acid groups (broad SMARTS) is 1. The number of pyridine rings is 1. The second-order valence-corrected chi connectivity index (χ2v) is 5.02. The molecular formula is C13H15N3O2. The Labute approximate surface area is 104 Å². The van der Waals surface area contributed by atoms with Crippen LogP contribution < -0.4 is 0 Å². The minimum absolute atomic E-state index is 0.272. The van der Waals surface area contributed by atoms with Crippen LogP contribution in [0, 0.1) is 5.92 Å². The molecule has 0 saturated heterocycles. The number of hydrogen-bond acceptors (Lipinski definition) is 3. The molecule has 5 nitrogen and oxygen atoms in total. The van der Waals surface area contributed by atoms with E-state index in [4.69, 9.17) is 5.11 Å². The van der Waals surface area contributed by atoms with Crippen LogP contribution >= 0.6 is 0 Å². The van der Waals surface area contributed by atoms with Crippen LogP contribution in [0.3, 0.4) is 0 Å². The van der Waals surface area contributed by atoms with Crippen LogP contribution in [0.1, 0.15) is 48.3 Å². The van der Waals surface area contributed by atoms with Gasteiger partial charge in [-0.2, -0.15) is 0 Å². The number of fused-ring (bicyclic) bond motifs is 1. The predicted octanol–water partition coefficient (Wildman–Crippen LogP) is 2.33. The lowest BCUT2D eigenvalue weighted by molar-refractivity contribution is 0.0696. The minimum Gasteiger partial charge on any atom is -0.478 e. The predicted molar refractivity (Wildman–Crippen MR) is 65.7 cm³/mol. The number of nitrogens with zero attached hydrogens (tertiary/aromatic N) is 3. The molecule has 2 heterocycles. The van der Waals surface area contributed by atoms with Crippen molar-refractivity contribution < 1.29 is 9.90 Å². The van der Waals surface area contributed by atoms with E-state index in [-0.39, 0.29) is 5.56 Å². The smallest absolute Gasteiger partial charge is 0.337 e. The first-order valence-electron chi connectivity index (χ1n) is 6.25. The molecule has 0 bridgehead atoms. The number of rotatable bonds is 2.